The lowest BCUT2D eigenvalue weighted by atomic mass is 10.1. The van der Waals surface area contributed by atoms with E-state index >= 15 is 0 Å². The van der Waals surface area contributed by atoms with Crippen molar-refractivity contribution in [3.05, 3.63) is 87.3 Å². The number of ether oxygens (including phenoxy) is 1. The van der Waals surface area contributed by atoms with E-state index in [9.17, 15) is 9.59 Å². The van der Waals surface area contributed by atoms with E-state index in [0.717, 1.165) is 16.0 Å². The highest BCUT2D eigenvalue weighted by Crippen LogP contribution is 2.33. The molecule has 164 valence electrons. The summed E-state index contributed by atoms with van der Waals surface area (Å²) in [7, 11) is 0. The molecule has 1 aromatic carbocycles. The largest absolute Gasteiger partial charge is 0.462 e. The second-order valence-corrected chi connectivity index (χ2v) is 8.75. The highest BCUT2D eigenvalue weighted by molar-refractivity contribution is 7.18. The van der Waals surface area contributed by atoms with E-state index in [4.69, 9.17) is 9.15 Å². The Kier molecular flexibility index (Phi) is 5.72. The second kappa shape index (κ2) is 8.97. The number of aromatic nitrogens is 2. The van der Waals surface area contributed by atoms with E-state index in [1.165, 1.54) is 28.6 Å². The van der Waals surface area contributed by atoms with Crippen LogP contribution in [0.25, 0.3) is 32.0 Å². The average molecular weight is 476 g/mol. The molecular formula is C24H17N3O4S2. The van der Waals surface area contributed by atoms with Gasteiger partial charge in [0.15, 0.2) is 0 Å². The zero-order valence-corrected chi connectivity index (χ0v) is 19.1. The van der Waals surface area contributed by atoms with Gasteiger partial charge in [0, 0.05) is 21.4 Å². The number of esters is 1. The van der Waals surface area contributed by atoms with E-state index in [-0.39, 0.29) is 11.5 Å². The molecule has 0 aliphatic heterocycles. The molecule has 0 spiro atoms. The zero-order chi connectivity index (χ0) is 22.8. The Bertz CT molecular complexity index is 1510. The number of hydrogen-bond acceptors (Lipinski definition) is 8. The predicted octanol–water partition coefficient (Wildman–Crippen LogP) is 5.51. The van der Waals surface area contributed by atoms with Crippen LogP contribution in [0.1, 0.15) is 23.0 Å². The topological polar surface area (TPSA) is 86.7 Å². The standard InChI is InChI=1S/C24H17N3O4S2/c1-2-30-24(29)16-7-5-15(6-8-16)19-10-9-17(31-19)12-26-27-14-25-22-21(23(27)28)18(13-33-22)20-4-3-11-32-20/h3-14H,2H2,1H3/b26-12+. The van der Waals surface area contributed by atoms with Crippen LogP contribution in [0, 0.1) is 0 Å². The van der Waals surface area contributed by atoms with Crippen molar-refractivity contribution in [3.63, 3.8) is 0 Å². The summed E-state index contributed by atoms with van der Waals surface area (Å²) in [5.41, 5.74) is 1.93. The molecule has 0 radical (unpaired) electrons. The summed E-state index contributed by atoms with van der Waals surface area (Å²) < 4.78 is 12.0. The van der Waals surface area contributed by atoms with Crippen molar-refractivity contribution in [1.82, 2.24) is 9.66 Å². The van der Waals surface area contributed by atoms with Crippen LogP contribution in [0.15, 0.2) is 79.9 Å². The van der Waals surface area contributed by atoms with Crippen LogP contribution in [0.4, 0.5) is 0 Å². The van der Waals surface area contributed by atoms with E-state index in [2.05, 4.69) is 10.1 Å². The van der Waals surface area contributed by atoms with E-state index in [1.807, 2.05) is 22.9 Å². The Morgan fingerprint density at radius 2 is 2.03 bits per heavy atom. The second-order valence-electron chi connectivity index (χ2n) is 6.95. The van der Waals surface area contributed by atoms with E-state index in [0.29, 0.717) is 33.9 Å². The highest BCUT2D eigenvalue weighted by Gasteiger charge is 2.14. The Morgan fingerprint density at radius 3 is 2.79 bits per heavy atom. The Hall–Kier alpha value is -3.82. The molecule has 0 amide bonds. The summed E-state index contributed by atoms with van der Waals surface area (Å²) in [6, 6.07) is 14.5. The van der Waals surface area contributed by atoms with Crippen LogP contribution in [-0.4, -0.2) is 28.5 Å². The van der Waals surface area contributed by atoms with Gasteiger partial charge in [-0.2, -0.15) is 9.78 Å². The first kappa shape index (κ1) is 21.0. The molecule has 0 aliphatic carbocycles. The molecule has 9 heteroatoms. The Balaban J connectivity index is 1.40. The van der Waals surface area contributed by atoms with Crippen molar-refractivity contribution in [2.24, 2.45) is 5.10 Å². The number of hydrogen-bond donors (Lipinski definition) is 0. The lowest BCUT2D eigenvalue weighted by molar-refractivity contribution is 0.0526. The molecule has 0 atom stereocenters. The monoisotopic (exact) mass is 475 g/mol. The van der Waals surface area contributed by atoms with Crippen LogP contribution < -0.4 is 5.56 Å². The summed E-state index contributed by atoms with van der Waals surface area (Å²) in [6.45, 7) is 2.10. The lowest BCUT2D eigenvalue weighted by Crippen LogP contribution is -2.16. The first-order valence-electron chi connectivity index (χ1n) is 10.1. The summed E-state index contributed by atoms with van der Waals surface area (Å²) in [5, 5.41) is 8.75. The van der Waals surface area contributed by atoms with Gasteiger partial charge in [0.25, 0.3) is 5.56 Å². The summed E-state index contributed by atoms with van der Waals surface area (Å²) in [5.74, 6) is 0.737. The number of fused-ring (bicyclic) bond motifs is 1. The van der Waals surface area contributed by atoms with Gasteiger partial charge in [0.2, 0.25) is 0 Å². The van der Waals surface area contributed by atoms with Crippen molar-refractivity contribution in [2.45, 2.75) is 6.92 Å². The first-order valence-corrected chi connectivity index (χ1v) is 11.8. The van der Waals surface area contributed by atoms with Gasteiger partial charge < -0.3 is 9.15 Å². The first-order chi connectivity index (χ1) is 16.1. The third-order valence-corrected chi connectivity index (χ3v) is 6.67. The molecule has 0 saturated heterocycles. The minimum absolute atomic E-state index is 0.234. The summed E-state index contributed by atoms with van der Waals surface area (Å²) in [4.78, 5) is 30.9. The average Bonchev–Trinajstić information content (AvgIpc) is 3.59. The van der Waals surface area contributed by atoms with Crippen LogP contribution in [-0.2, 0) is 4.74 Å². The number of nitrogens with zero attached hydrogens (tertiary/aromatic N) is 3. The maximum absolute atomic E-state index is 13.0. The fourth-order valence-electron chi connectivity index (χ4n) is 3.30. The molecule has 7 nitrogen and oxygen atoms in total. The number of benzene rings is 1. The van der Waals surface area contributed by atoms with Gasteiger partial charge >= 0.3 is 5.97 Å². The minimum Gasteiger partial charge on any atom is -0.462 e. The molecule has 0 aliphatic rings. The van der Waals surface area contributed by atoms with Crippen molar-refractivity contribution < 1.29 is 13.9 Å². The molecular weight excluding hydrogens is 458 g/mol. The van der Waals surface area contributed by atoms with Crippen LogP contribution in [0.5, 0.6) is 0 Å². The van der Waals surface area contributed by atoms with Gasteiger partial charge in [-0.1, -0.05) is 18.2 Å². The van der Waals surface area contributed by atoms with Crippen LogP contribution in [0.3, 0.4) is 0 Å². The fourth-order valence-corrected chi connectivity index (χ4v) is 5.02. The Morgan fingerprint density at radius 1 is 1.18 bits per heavy atom. The van der Waals surface area contributed by atoms with Gasteiger partial charge in [-0.05, 0) is 42.6 Å². The molecule has 5 rings (SSSR count). The number of carbonyl (C=O) groups excluding carboxylic acids is 1. The number of furan rings is 1. The molecule has 4 heterocycles. The molecule has 0 unspecified atom stereocenters. The smallest absolute Gasteiger partial charge is 0.338 e. The summed E-state index contributed by atoms with van der Waals surface area (Å²) in [6.07, 6.45) is 2.89. The van der Waals surface area contributed by atoms with Crippen molar-refractivity contribution in [1.29, 1.82) is 0 Å². The Labute approximate surface area is 196 Å². The van der Waals surface area contributed by atoms with Gasteiger partial charge in [-0.25, -0.2) is 9.78 Å². The molecule has 0 N–H and O–H groups in total. The molecule has 0 fully saturated rings. The lowest BCUT2D eigenvalue weighted by Gasteiger charge is -2.02. The zero-order valence-electron chi connectivity index (χ0n) is 17.4. The van der Waals surface area contributed by atoms with Gasteiger partial charge in [0.05, 0.1) is 23.8 Å². The molecule has 0 bridgehead atoms. The fraction of sp³-hybridized carbons (Fsp3) is 0.0833. The number of carbonyl (C=O) groups is 1. The molecule has 0 saturated carbocycles. The van der Waals surface area contributed by atoms with E-state index in [1.54, 1.807) is 54.7 Å². The SMILES string of the molecule is CCOC(=O)c1ccc(-c2ccc(/C=N/n3cnc4scc(-c5cccs5)c4c3=O)o2)cc1. The van der Waals surface area contributed by atoms with Gasteiger partial charge in [0.1, 0.15) is 22.7 Å². The third-order valence-electron chi connectivity index (χ3n) is 4.88. The minimum atomic E-state index is -0.361. The normalized spacial score (nSPS) is 11.4. The highest BCUT2D eigenvalue weighted by atomic mass is 32.1. The molecule has 5 aromatic rings. The van der Waals surface area contributed by atoms with Gasteiger partial charge in [-0.15, -0.1) is 22.7 Å². The number of rotatable bonds is 6. The van der Waals surface area contributed by atoms with Crippen LogP contribution >= 0.6 is 22.7 Å². The van der Waals surface area contributed by atoms with Crippen molar-refractivity contribution in [3.8, 4) is 21.8 Å². The maximum atomic E-state index is 13.0. The third kappa shape index (κ3) is 4.15. The molecule has 4 aromatic heterocycles. The quantitative estimate of drug-likeness (QED) is 0.239. The van der Waals surface area contributed by atoms with Crippen molar-refractivity contribution in [2.75, 3.05) is 6.61 Å². The maximum Gasteiger partial charge on any atom is 0.338 e. The number of thiophene rings is 2. The van der Waals surface area contributed by atoms with Crippen molar-refractivity contribution >= 4 is 45.1 Å². The van der Waals surface area contributed by atoms with Crippen LogP contribution in [0.2, 0.25) is 0 Å². The van der Waals surface area contributed by atoms with E-state index < -0.39 is 0 Å². The molecule has 33 heavy (non-hydrogen) atoms. The predicted molar refractivity (Wildman–Crippen MR) is 130 cm³/mol. The summed E-state index contributed by atoms with van der Waals surface area (Å²) >= 11 is 3.02. The van der Waals surface area contributed by atoms with Gasteiger partial charge in [-0.3, -0.25) is 4.79 Å².